The van der Waals surface area contributed by atoms with Crippen molar-refractivity contribution in [2.45, 2.75) is 30.3 Å². The van der Waals surface area contributed by atoms with Gasteiger partial charge in [-0.3, -0.25) is 4.79 Å². The van der Waals surface area contributed by atoms with E-state index in [2.05, 4.69) is 10.0 Å². The summed E-state index contributed by atoms with van der Waals surface area (Å²) in [5.41, 5.74) is 0.904. The van der Waals surface area contributed by atoms with Gasteiger partial charge < -0.3 is 10.2 Å². The van der Waals surface area contributed by atoms with Gasteiger partial charge in [-0.25, -0.2) is 12.8 Å². The van der Waals surface area contributed by atoms with Gasteiger partial charge in [0.25, 0.3) is 0 Å². The van der Waals surface area contributed by atoms with Crippen molar-refractivity contribution in [2.24, 2.45) is 0 Å². The Kier molecular flexibility index (Phi) is 6.22. The van der Waals surface area contributed by atoms with Crippen molar-refractivity contribution < 1.29 is 17.6 Å². The van der Waals surface area contributed by atoms with Gasteiger partial charge in [-0.05, 0) is 73.1 Å². The first-order valence-corrected chi connectivity index (χ1v) is 12.1. The number of nitrogens with one attached hydrogen (secondary N) is 2. The van der Waals surface area contributed by atoms with Crippen LogP contribution < -0.4 is 14.9 Å². The molecule has 1 aliphatic rings. The summed E-state index contributed by atoms with van der Waals surface area (Å²) in [4.78, 5) is 14.2. The van der Waals surface area contributed by atoms with Gasteiger partial charge in [-0.2, -0.15) is 4.72 Å². The molecule has 4 rings (SSSR count). The maximum absolute atomic E-state index is 14.7. The number of rotatable bonds is 6. The largest absolute Gasteiger partial charge is 0.313 e. The number of anilines is 1. The number of benzene rings is 3. The molecular formula is C23H23ClFN3O3S. The number of carbonyl (C=O) groups excluding carboxylic acids is 1. The molecule has 1 saturated heterocycles. The Bertz CT molecular complexity index is 1300. The molecule has 0 aromatic heterocycles. The molecule has 2 N–H and O–H groups in total. The van der Waals surface area contributed by atoms with Crippen molar-refractivity contribution in [2.75, 3.05) is 18.5 Å². The summed E-state index contributed by atoms with van der Waals surface area (Å²) in [5, 5.41) is 5.13. The quantitative estimate of drug-likeness (QED) is 0.565. The monoisotopic (exact) mass is 475 g/mol. The topological polar surface area (TPSA) is 78.5 Å². The molecule has 1 fully saturated rings. The van der Waals surface area contributed by atoms with E-state index < -0.39 is 27.8 Å². The van der Waals surface area contributed by atoms with Gasteiger partial charge in [0.05, 0.1) is 10.6 Å². The van der Waals surface area contributed by atoms with E-state index in [1.54, 1.807) is 43.4 Å². The zero-order valence-corrected chi connectivity index (χ0v) is 19.2. The smallest absolute Gasteiger partial charge is 0.245 e. The molecule has 6 nitrogen and oxygen atoms in total. The van der Waals surface area contributed by atoms with Crippen molar-refractivity contribution in [3.8, 4) is 0 Å². The van der Waals surface area contributed by atoms with Crippen LogP contribution in [0.25, 0.3) is 10.8 Å². The highest BCUT2D eigenvalue weighted by Crippen LogP contribution is 2.28. The predicted octanol–water partition coefficient (Wildman–Crippen LogP) is 4.00. The average molecular weight is 476 g/mol. The lowest BCUT2D eigenvalue weighted by molar-refractivity contribution is -0.118. The van der Waals surface area contributed by atoms with Crippen molar-refractivity contribution in [3.05, 3.63) is 71.0 Å². The molecule has 1 aliphatic heterocycles. The summed E-state index contributed by atoms with van der Waals surface area (Å²) in [6, 6.07) is 13.5. The summed E-state index contributed by atoms with van der Waals surface area (Å²) < 4.78 is 43.0. The minimum atomic E-state index is -3.95. The van der Waals surface area contributed by atoms with Gasteiger partial charge in [-0.1, -0.05) is 29.8 Å². The molecule has 168 valence electrons. The second-order valence-electron chi connectivity index (χ2n) is 7.83. The van der Waals surface area contributed by atoms with E-state index in [4.69, 9.17) is 11.6 Å². The summed E-state index contributed by atoms with van der Waals surface area (Å²) in [6.07, 6.45) is 0.245. The van der Waals surface area contributed by atoms with E-state index in [0.29, 0.717) is 5.02 Å². The molecule has 0 unspecified atom stereocenters. The molecule has 1 heterocycles. The fourth-order valence-corrected chi connectivity index (χ4v) is 5.26. The van der Waals surface area contributed by atoms with E-state index in [1.165, 1.54) is 23.1 Å². The molecular weight excluding hydrogens is 453 g/mol. The van der Waals surface area contributed by atoms with Gasteiger partial charge in [0.2, 0.25) is 15.9 Å². The molecule has 3 aromatic carbocycles. The Hall–Kier alpha value is -2.52. The number of fused-ring (bicyclic) bond motifs is 1. The number of hydrogen-bond donors (Lipinski definition) is 2. The highest BCUT2D eigenvalue weighted by atomic mass is 35.5. The van der Waals surface area contributed by atoms with Crippen LogP contribution in [0, 0.1) is 5.82 Å². The maximum atomic E-state index is 14.7. The van der Waals surface area contributed by atoms with E-state index in [-0.39, 0.29) is 29.6 Å². The first kappa shape index (κ1) is 22.7. The lowest BCUT2D eigenvalue weighted by atomic mass is 10.1. The Morgan fingerprint density at radius 1 is 1.09 bits per heavy atom. The Morgan fingerprint density at radius 3 is 2.53 bits per heavy atom. The number of halogens is 2. The van der Waals surface area contributed by atoms with Crippen LogP contribution in [0.4, 0.5) is 10.1 Å². The van der Waals surface area contributed by atoms with Crippen LogP contribution in [0.5, 0.6) is 0 Å². The highest BCUT2D eigenvalue weighted by molar-refractivity contribution is 7.89. The van der Waals surface area contributed by atoms with E-state index in [1.807, 2.05) is 6.92 Å². The zero-order valence-electron chi connectivity index (χ0n) is 17.6. The normalized spacial score (nSPS) is 17.8. The minimum absolute atomic E-state index is 0.0367. The SMILES string of the molecule is CN[C@H](C)c1ccc(N2CC[C@H](NS(=O)(=O)c3ccc4cc(Cl)ccc4c3)C2=O)c(F)c1. The van der Waals surface area contributed by atoms with E-state index >= 15 is 0 Å². The molecule has 1 amide bonds. The van der Waals surface area contributed by atoms with E-state index in [0.717, 1.165) is 16.3 Å². The van der Waals surface area contributed by atoms with Crippen LogP contribution in [0.2, 0.25) is 5.02 Å². The van der Waals surface area contributed by atoms with Crippen LogP contribution in [0.3, 0.4) is 0 Å². The minimum Gasteiger partial charge on any atom is -0.313 e. The Morgan fingerprint density at radius 2 is 1.81 bits per heavy atom. The van der Waals surface area contributed by atoms with Crippen molar-refractivity contribution in [1.82, 2.24) is 10.0 Å². The van der Waals surface area contributed by atoms with E-state index in [9.17, 15) is 17.6 Å². The second-order valence-corrected chi connectivity index (χ2v) is 9.98. The van der Waals surface area contributed by atoms with Crippen molar-refractivity contribution in [1.29, 1.82) is 0 Å². The van der Waals surface area contributed by atoms with Crippen molar-refractivity contribution >= 4 is 44.0 Å². The summed E-state index contributed by atoms with van der Waals surface area (Å²) >= 11 is 5.98. The highest BCUT2D eigenvalue weighted by Gasteiger charge is 2.36. The molecule has 9 heteroatoms. The standard InChI is InChI=1S/C23H23ClFN3O3S/c1-14(26-2)15-5-8-22(20(25)13-15)28-10-9-21(23(28)29)27-32(30,31)19-7-4-16-11-18(24)6-3-17(16)12-19/h3-8,11-14,21,26-27H,9-10H2,1-2H3/t14-,21+/m1/s1. The lowest BCUT2D eigenvalue weighted by Crippen LogP contribution is -2.41. The molecule has 0 spiro atoms. The zero-order chi connectivity index (χ0) is 23.0. The fourth-order valence-electron chi connectivity index (χ4n) is 3.82. The number of sulfonamides is 1. The Labute approximate surface area is 191 Å². The first-order valence-electron chi connectivity index (χ1n) is 10.2. The third-order valence-corrected chi connectivity index (χ3v) is 7.49. The van der Waals surface area contributed by atoms with Crippen LogP contribution in [0.1, 0.15) is 24.9 Å². The number of amides is 1. The number of nitrogens with zero attached hydrogens (tertiary/aromatic N) is 1. The summed E-state index contributed by atoms with van der Waals surface area (Å²) in [5.74, 6) is -0.996. The molecule has 3 aromatic rings. The third kappa shape index (κ3) is 4.36. The van der Waals surface area contributed by atoms with Crippen LogP contribution in [0.15, 0.2) is 59.5 Å². The molecule has 0 radical (unpaired) electrons. The average Bonchev–Trinajstić information content (AvgIpc) is 3.11. The Balaban J connectivity index is 1.53. The molecule has 2 atom stereocenters. The molecule has 0 aliphatic carbocycles. The lowest BCUT2D eigenvalue weighted by Gasteiger charge is -2.20. The molecule has 32 heavy (non-hydrogen) atoms. The van der Waals surface area contributed by atoms with Crippen molar-refractivity contribution in [3.63, 3.8) is 0 Å². The molecule has 0 saturated carbocycles. The second kappa shape index (κ2) is 8.78. The number of hydrogen-bond acceptors (Lipinski definition) is 4. The maximum Gasteiger partial charge on any atom is 0.245 e. The van der Waals surface area contributed by atoms with Gasteiger partial charge in [-0.15, -0.1) is 0 Å². The van der Waals surface area contributed by atoms with Crippen LogP contribution in [-0.2, 0) is 14.8 Å². The van der Waals surface area contributed by atoms with Gasteiger partial charge in [0.1, 0.15) is 11.9 Å². The van der Waals surface area contributed by atoms with Crippen LogP contribution in [-0.4, -0.2) is 34.0 Å². The van der Waals surface area contributed by atoms with Crippen LogP contribution >= 0.6 is 11.6 Å². The summed E-state index contributed by atoms with van der Waals surface area (Å²) in [6.45, 7) is 2.13. The predicted molar refractivity (Wildman–Crippen MR) is 124 cm³/mol. The molecule has 0 bridgehead atoms. The number of carbonyl (C=O) groups is 1. The van der Waals surface area contributed by atoms with Gasteiger partial charge in [0.15, 0.2) is 0 Å². The summed E-state index contributed by atoms with van der Waals surface area (Å²) in [7, 11) is -2.17. The van der Waals surface area contributed by atoms with Gasteiger partial charge in [0, 0.05) is 17.6 Å². The van der Waals surface area contributed by atoms with Gasteiger partial charge >= 0.3 is 0 Å². The first-order chi connectivity index (χ1) is 15.2. The third-order valence-electron chi connectivity index (χ3n) is 5.78. The fraction of sp³-hybridized carbons (Fsp3) is 0.261.